The maximum atomic E-state index is 12.4. The third-order valence-electron chi connectivity index (χ3n) is 8.47. The van der Waals surface area contributed by atoms with Crippen molar-refractivity contribution in [3.05, 3.63) is 0 Å². The van der Waals surface area contributed by atoms with Crippen molar-refractivity contribution in [1.82, 2.24) is 10.6 Å². The fourth-order valence-corrected chi connectivity index (χ4v) is 5.37. The standard InChI is InChI=1S/C38H68N2O12/c1-39-36(44)31-52-28-25-49-23-16-18-34(42)30-51-27-26-50-24-22-40-35(43)21-20-32(38(47)48)29-33(41)17-14-12-10-8-6-4-2-3-5-7-9-11-13-15-19-37(45)46/h32H,2-31H2,1H3,(H,39,44)(H,40,43)(H,45,46)(H,47,48)/t32-/m1/s1. The largest absolute Gasteiger partial charge is 0.481 e. The Bertz CT molecular complexity index is 962. The molecule has 0 aliphatic rings. The first kappa shape index (κ1) is 49.1. The summed E-state index contributed by atoms with van der Waals surface area (Å²) >= 11 is 0. The van der Waals surface area contributed by atoms with Gasteiger partial charge in [-0.1, -0.05) is 77.0 Å². The van der Waals surface area contributed by atoms with Gasteiger partial charge in [-0.3, -0.25) is 28.8 Å². The van der Waals surface area contributed by atoms with Crippen LogP contribution < -0.4 is 10.6 Å². The van der Waals surface area contributed by atoms with Crippen LogP contribution in [0.25, 0.3) is 0 Å². The third-order valence-corrected chi connectivity index (χ3v) is 8.47. The highest BCUT2D eigenvalue weighted by atomic mass is 16.5. The Hall–Kier alpha value is -2.94. The Morgan fingerprint density at radius 2 is 0.981 bits per heavy atom. The van der Waals surface area contributed by atoms with Gasteiger partial charge in [0.2, 0.25) is 11.8 Å². The Morgan fingerprint density at radius 3 is 1.52 bits per heavy atom. The monoisotopic (exact) mass is 744 g/mol. The molecule has 14 nitrogen and oxygen atoms in total. The number of hydrogen-bond donors (Lipinski definition) is 4. The van der Waals surface area contributed by atoms with Crippen LogP contribution in [0.5, 0.6) is 0 Å². The van der Waals surface area contributed by atoms with Gasteiger partial charge in [0.25, 0.3) is 0 Å². The van der Waals surface area contributed by atoms with Gasteiger partial charge in [0.15, 0.2) is 5.78 Å². The molecule has 0 aliphatic carbocycles. The summed E-state index contributed by atoms with van der Waals surface area (Å²) in [7, 11) is 1.53. The van der Waals surface area contributed by atoms with Crippen LogP contribution in [-0.4, -0.2) is 112 Å². The first-order chi connectivity index (χ1) is 25.1. The molecule has 0 aromatic carbocycles. The van der Waals surface area contributed by atoms with Crippen LogP contribution in [0.1, 0.15) is 135 Å². The number of nitrogens with one attached hydrogen (secondary N) is 2. The molecular formula is C38H68N2O12. The number of rotatable bonds is 40. The van der Waals surface area contributed by atoms with Crippen molar-refractivity contribution in [3.63, 3.8) is 0 Å². The topological polar surface area (TPSA) is 204 Å². The van der Waals surface area contributed by atoms with E-state index in [9.17, 15) is 33.9 Å². The minimum Gasteiger partial charge on any atom is -0.481 e. The Kier molecular flexibility index (Phi) is 34.4. The van der Waals surface area contributed by atoms with E-state index in [2.05, 4.69) is 10.6 Å². The summed E-state index contributed by atoms with van der Waals surface area (Å²) in [5, 5.41) is 23.3. The van der Waals surface area contributed by atoms with Crippen molar-refractivity contribution in [2.75, 3.05) is 66.4 Å². The van der Waals surface area contributed by atoms with Crippen LogP contribution in [0.2, 0.25) is 0 Å². The smallest absolute Gasteiger partial charge is 0.306 e. The summed E-state index contributed by atoms with van der Waals surface area (Å²) in [6, 6.07) is 0. The Labute approximate surface area is 310 Å². The van der Waals surface area contributed by atoms with Gasteiger partial charge >= 0.3 is 11.9 Å². The second-order valence-electron chi connectivity index (χ2n) is 13.2. The first-order valence-electron chi connectivity index (χ1n) is 19.4. The van der Waals surface area contributed by atoms with E-state index in [1.165, 1.54) is 52.0 Å². The average Bonchev–Trinajstić information content (AvgIpc) is 3.11. The molecule has 14 heteroatoms. The van der Waals surface area contributed by atoms with Gasteiger partial charge < -0.3 is 39.8 Å². The summed E-state index contributed by atoms with van der Waals surface area (Å²) in [5.74, 6) is -3.26. The molecule has 0 spiro atoms. The van der Waals surface area contributed by atoms with E-state index >= 15 is 0 Å². The number of ketones is 2. The Morgan fingerprint density at radius 1 is 0.500 bits per heavy atom. The zero-order valence-electron chi connectivity index (χ0n) is 31.8. The molecule has 0 unspecified atom stereocenters. The molecule has 0 rings (SSSR count). The lowest BCUT2D eigenvalue weighted by Crippen LogP contribution is -2.29. The predicted molar refractivity (Wildman–Crippen MR) is 196 cm³/mol. The van der Waals surface area contributed by atoms with Gasteiger partial charge in [-0.2, -0.15) is 0 Å². The number of carboxylic acids is 2. The van der Waals surface area contributed by atoms with Crippen LogP contribution in [0.4, 0.5) is 0 Å². The van der Waals surface area contributed by atoms with E-state index in [1.54, 1.807) is 0 Å². The van der Waals surface area contributed by atoms with Crippen molar-refractivity contribution in [2.45, 2.75) is 135 Å². The van der Waals surface area contributed by atoms with E-state index in [0.717, 1.165) is 44.9 Å². The van der Waals surface area contributed by atoms with E-state index in [0.29, 0.717) is 39.1 Å². The van der Waals surface area contributed by atoms with Gasteiger partial charge in [-0.15, -0.1) is 0 Å². The molecule has 0 aromatic rings. The van der Waals surface area contributed by atoms with E-state index < -0.39 is 17.9 Å². The lowest BCUT2D eigenvalue weighted by atomic mass is 9.94. The summed E-state index contributed by atoms with van der Waals surface area (Å²) < 4.78 is 21.2. The molecule has 0 radical (unpaired) electrons. The number of carbonyl (C=O) groups is 6. The van der Waals surface area contributed by atoms with E-state index in [4.69, 9.17) is 24.1 Å². The van der Waals surface area contributed by atoms with Crippen LogP contribution in [0, 0.1) is 5.92 Å². The summed E-state index contributed by atoms with van der Waals surface area (Å²) in [4.78, 5) is 69.6. The van der Waals surface area contributed by atoms with Gasteiger partial charge in [0, 0.05) is 52.3 Å². The number of unbranched alkanes of at least 4 members (excludes halogenated alkanes) is 13. The zero-order valence-corrected chi connectivity index (χ0v) is 31.8. The summed E-state index contributed by atoms with van der Waals surface area (Å²) in [6.45, 7) is 2.00. The number of carbonyl (C=O) groups excluding carboxylic acids is 4. The maximum absolute atomic E-state index is 12.4. The second-order valence-corrected chi connectivity index (χ2v) is 13.2. The van der Waals surface area contributed by atoms with Crippen LogP contribution in [0.15, 0.2) is 0 Å². The molecular weight excluding hydrogens is 676 g/mol. The predicted octanol–water partition coefficient (Wildman–Crippen LogP) is 5.03. The fraction of sp³-hybridized carbons (Fsp3) is 0.842. The minimum atomic E-state index is -1.06. The van der Waals surface area contributed by atoms with Crippen LogP contribution in [-0.2, 0) is 47.7 Å². The lowest BCUT2D eigenvalue weighted by Gasteiger charge is -2.12. The molecule has 1 atom stereocenters. The van der Waals surface area contributed by atoms with Crippen LogP contribution >= 0.6 is 0 Å². The number of hydrogen-bond acceptors (Lipinski definition) is 10. The average molecular weight is 745 g/mol. The molecule has 0 saturated heterocycles. The molecule has 52 heavy (non-hydrogen) atoms. The zero-order chi connectivity index (χ0) is 38.5. The number of Topliss-reactive ketones (excluding diaryl/α,β-unsaturated/α-hetero) is 2. The number of ether oxygens (including phenoxy) is 4. The quantitative estimate of drug-likeness (QED) is 0.0610. The Balaban J connectivity index is 3.66. The molecule has 0 aliphatic heterocycles. The molecule has 0 bridgehead atoms. The van der Waals surface area contributed by atoms with Crippen molar-refractivity contribution >= 4 is 35.3 Å². The highest BCUT2D eigenvalue weighted by Gasteiger charge is 2.22. The van der Waals surface area contributed by atoms with Crippen molar-refractivity contribution < 1.29 is 57.9 Å². The molecule has 302 valence electrons. The molecule has 4 N–H and O–H groups in total. The van der Waals surface area contributed by atoms with Gasteiger partial charge in [0.1, 0.15) is 19.0 Å². The van der Waals surface area contributed by atoms with E-state index in [-0.39, 0.29) is 88.6 Å². The van der Waals surface area contributed by atoms with E-state index in [1.807, 2.05) is 0 Å². The van der Waals surface area contributed by atoms with Gasteiger partial charge in [-0.25, -0.2) is 0 Å². The van der Waals surface area contributed by atoms with Crippen LogP contribution in [0.3, 0.4) is 0 Å². The molecule has 0 heterocycles. The SMILES string of the molecule is CNC(=O)COCCOCCCC(=O)COCCOCCNC(=O)CC[C@H](CC(=O)CCCCCCCCCCCCCCCCC(=O)O)C(=O)O. The van der Waals surface area contributed by atoms with Crippen molar-refractivity contribution in [1.29, 1.82) is 0 Å². The highest BCUT2D eigenvalue weighted by Crippen LogP contribution is 2.17. The number of aliphatic carboxylic acids is 2. The minimum absolute atomic E-state index is 0.0129. The molecule has 0 fully saturated rings. The first-order valence-corrected chi connectivity index (χ1v) is 19.4. The number of carboxylic acid groups (broad SMARTS) is 2. The summed E-state index contributed by atoms with van der Waals surface area (Å²) in [5.41, 5.74) is 0. The van der Waals surface area contributed by atoms with Gasteiger partial charge in [-0.05, 0) is 25.7 Å². The van der Waals surface area contributed by atoms with Gasteiger partial charge in [0.05, 0.1) is 39.0 Å². The molecule has 0 saturated carbocycles. The fourth-order valence-electron chi connectivity index (χ4n) is 5.37. The third kappa shape index (κ3) is 35.5. The number of amides is 2. The molecule has 2 amide bonds. The molecule has 0 aromatic heterocycles. The summed E-state index contributed by atoms with van der Waals surface area (Å²) in [6.07, 6.45) is 17.0. The highest BCUT2D eigenvalue weighted by molar-refractivity contribution is 5.84. The number of likely N-dealkylation sites (N-methyl/N-ethyl adjacent to an activating group) is 1. The van der Waals surface area contributed by atoms with Crippen molar-refractivity contribution in [3.8, 4) is 0 Å². The normalized spacial score (nSPS) is 11.6. The lowest BCUT2D eigenvalue weighted by molar-refractivity contribution is -0.144. The van der Waals surface area contributed by atoms with Crippen molar-refractivity contribution in [2.24, 2.45) is 5.92 Å². The second kappa shape index (κ2) is 36.4. The maximum Gasteiger partial charge on any atom is 0.306 e.